The third-order valence-electron chi connectivity index (χ3n) is 4.66. The lowest BCUT2D eigenvalue weighted by Crippen LogP contribution is -2.18. The monoisotopic (exact) mass is 323 g/mol. The van der Waals surface area contributed by atoms with Gasteiger partial charge in [0, 0.05) is 12.1 Å². The zero-order valence-corrected chi connectivity index (χ0v) is 14.6. The van der Waals surface area contributed by atoms with E-state index in [1.54, 1.807) is 7.11 Å². The smallest absolute Gasteiger partial charge is 0.118 e. The van der Waals surface area contributed by atoms with Crippen molar-refractivity contribution in [1.82, 2.24) is 0 Å². The van der Waals surface area contributed by atoms with Gasteiger partial charge in [0.05, 0.1) is 18.8 Å². The molecule has 1 unspecified atom stereocenters. The maximum absolute atomic E-state index is 5.74. The van der Waals surface area contributed by atoms with Crippen LogP contribution in [0.1, 0.15) is 35.6 Å². The van der Waals surface area contributed by atoms with Crippen LogP contribution in [0.3, 0.4) is 0 Å². The van der Waals surface area contributed by atoms with E-state index in [0.717, 1.165) is 30.0 Å². The van der Waals surface area contributed by atoms with Crippen molar-refractivity contribution in [2.75, 3.05) is 18.7 Å². The van der Waals surface area contributed by atoms with Gasteiger partial charge in [0.25, 0.3) is 0 Å². The summed E-state index contributed by atoms with van der Waals surface area (Å²) >= 11 is 0. The first-order valence-electron chi connectivity index (χ1n) is 8.39. The molecule has 24 heavy (non-hydrogen) atoms. The van der Waals surface area contributed by atoms with Crippen LogP contribution in [-0.4, -0.2) is 19.4 Å². The SMILES string of the molecule is COc1ccc(C2CC(CCN)=NN2c2ccc(C)c(C)c2)cc1. The summed E-state index contributed by atoms with van der Waals surface area (Å²) in [6.07, 6.45) is 1.75. The molecule has 0 saturated heterocycles. The zero-order valence-electron chi connectivity index (χ0n) is 14.6. The average molecular weight is 323 g/mol. The van der Waals surface area contributed by atoms with Crippen LogP contribution >= 0.6 is 0 Å². The van der Waals surface area contributed by atoms with E-state index >= 15 is 0 Å². The second kappa shape index (κ2) is 7.05. The van der Waals surface area contributed by atoms with Crippen LogP contribution in [0.5, 0.6) is 5.75 Å². The Bertz CT molecular complexity index is 737. The molecule has 0 spiro atoms. The van der Waals surface area contributed by atoms with Crippen molar-refractivity contribution in [3.8, 4) is 5.75 Å². The van der Waals surface area contributed by atoms with Gasteiger partial charge >= 0.3 is 0 Å². The highest BCUT2D eigenvalue weighted by atomic mass is 16.5. The molecule has 4 heteroatoms. The molecule has 1 heterocycles. The number of aryl methyl sites for hydroxylation is 2. The number of nitrogens with two attached hydrogens (primary N) is 1. The Kier molecular flexibility index (Phi) is 4.86. The molecule has 1 atom stereocenters. The van der Waals surface area contributed by atoms with Crippen molar-refractivity contribution in [2.45, 2.75) is 32.7 Å². The van der Waals surface area contributed by atoms with Crippen LogP contribution in [0.4, 0.5) is 5.69 Å². The van der Waals surface area contributed by atoms with Gasteiger partial charge in [-0.2, -0.15) is 5.10 Å². The number of methoxy groups -OCH3 is 1. The van der Waals surface area contributed by atoms with E-state index in [-0.39, 0.29) is 6.04 Å². The zero-order chi connectivity index (χ0) is 17.1. The predicted octanol–water partition coefficient (Wildman–Crippen LogP) is 3.97. The molecule has 2 N–H and O–H groups in total. The fourth-order valence-corrected chi connectivity index (χ4v) is 3.08. The summed E-state index contributed by atoms with van der Waals surface area (Å²) in [4.78, 5) is 0. The largest absolute Gasteiger partial charge is 0.497 e. The van der Waals surface area contributed by atoms with Crippen LogP contribution in [-0.2, 0) is 0 Å². The second-order valence-corrected chi connectivity index (χ2v) is 6.31. The molecule has 1 aliphatic heterocycles. The maximum Gasteiger partial charge on any atom is 0.118 e. The number of benzene rings is 2. The van der Waals surface area contributed by atoms with Crippen molar-refractivity contribution in [2.24, 2.45) is 10.8 Å². The topological polar surface area (TPSA) is 50.9 Å². The number of rotatable bonds is 5. The molecule has 0 saturated carbocycles. The fourth-order valence-electron chi connectivity index (χ4n) is 3.08. The van der Waals surface area contributed by atoms with Crippen LogP contribution in [0.15, 0.2) is 47.6 Å². The summed E-state index contributed by atoms with van der Waals surface area (Å²) in [5.41, 5.74) is 11.9. The lowest BCUT2D eigenvalue weighted by atomic mass is 9.99. The maximum atomic E-state index is 5.74. The van der Waals surface area contributed by atoms with Crippen molar-refractivity contribution in [1.29, 1.82) is 0 Å². The van der Waals surface area contributed by atoms with Crippen LogP contribution < -0.4 is 15.5 Å². The summed E-state index contributed by atoms with van der Waals surface area (Å²) in [5, 5.41) is 7.00. The Hall–Kier alpha value is -2.33. The summed E-state index contributed by atoms with van der Waals surface area (Å²) in [7, 11) is 1.69. The highest BCUT2D eigenvalue weighted by Gasteiger charge is 2.28. The summed E-state index contributed by atoms with van der Waals surface area (Å²) in [6.45, 7) is 4.91. The highest BCUT2D eigenvalue weighted by molar-refractivity contribution is 5.89. The van der Waals surface area contributed by atoms with E-state index in [4.69, 9.17) is 15.6 Å². The molecule has 2 aromatic carbocycles. The Morgan fingerprint density at radius 2 is 1.88 bits per heavy atom. The number of nitrogens with zero attached hydrogens (tertiary/aromatic N) is 2. The van der Waals surface area contributed by atoms with Gasteiger partial charge in [-0.05, 0) is 67.8 Å². The van der Waals surface area contributed by atoms with Gasteiger partial charge in [0.2, 0.25) is 0 Å². The number of hydrazone groups is 1. The first kappa shape index (κ1) is 16.5. The van der Waals surface area contributed by atoms with Gasteiger partial charge in [-0.1, -0.05) is 18.2 Å². The Morgan fingerprint density at radius 3 is 2.50 bits per heavy atom. The minimum atomic E-state index is 0.208. The average Bonchev–Trinajstić information content (AvgIpc) is 3.02. The van der Waals surface area contributed by atoms with Crippen molar-refractivity contribution in [3.05, 3.63) is 59.2 Å². The van der Waals surface area contributed by atoms with Crippen molar-refractivity contribution < 1.29 is 4.74 Å². The summed E-state index contributed by atoms with van der Waals surface area (Å²) in [6, 6.07) is 15.0. The molecule has 4 nitrogen and oxygen atoms in total. The second-order valence-electron chi connectivity index (χ2n) is 6.31. The third-order valence-corrected chi connectivity index (χ3v) is 4.66. The number of hydrogen-bond donors (Lipinski definition) is 1. The highest BCUT2D eigenvalue weighted by Crippen LogP contribution is 2.36. The van der Waals surface area contributed by atoms with Crippen molar-refractivity contribution in [3.63, 3.8) is 0 Å². The van der Waals surface area contributed by atoms with Gasteiger partial charge in [-0.15, -0.1) is 0 Å². The minimum absolute atomic E-state index is 0.208. The molecule has 0 aromatic heterocycles. The van der Waals surface area contributed by atoms with Gasteiger partial charge in [-0.3, -0.25) is 5.01 Å². The molecule has 0 bridgehead atoms. The predicted molar refractivity (Wildman–Crippen MR) is 99.9 cm³/mol. The number of ether oxygens (including phenoxy) is 1. The molecule has 0 fully saturated rings. The first-order chi connectivity index (χ1) is 11.6. The first-order valence-corrected chi connectivity index (χ1v) is 8.39. The molecule has 2 aromatic rings. The molecule has 1 aliphatic rings. The van der Waals surface area contributed by atoms with E-state index in [1.807, 2.05) is 12.1 Å². The van der Waals surface area contributed by atoms with E-state index < -0.39 is 0 Å². The number of hydrogen-bond acceptors (Lipinski definition) is 4. The van der Waals surface area contributed by atoms with Gasteiger partial charge in [-0.25, -0.2) is 0 Å². The van der Waals surface area contributed by atoms with Crippen LogP contribution in [0.25, 0.3) is 0 Å². The molecule has 0 radical (unpaired) electrons. The van der Waals surface area contributed by atoms with Crippen molar-refractivity contribution >= 4 is 11.4 Å². The van der Waals surface area contributed by atoms with E-state index in [0.29, 0.717) is 6.54 Å². The lowest BCUT2D eigenvalue weighted by molar-refractivity contribution is 0.414. The third kappa shape index (κ3) is 3.29. The quantitative estimate of drug-likeness (QED) is 0.906. The van der Waals surface area contributed by atoms with Gasteiger partial charge in [0.1, 0.15) is 5.75 Å². The summed E-state index contributed by atoms with van der Waals surface area (Å²) in [5.74, 6) is 0.873. The molecule has 3 rings (SSSR count). The number of anilines is 1. The molecule has 126 valence electrons. The Morgan fingerprint density at radius 1 is 1.12 bits per heavy atom. The summed E-state index contributed by atoms with van der Waals surface area (Å²) < 4.78 is 5.27. The van der Waals surface area contributed by atoms with Crippen LogP contribution in [0.2, 0.25) is 0 Å². The van der Waals surface area contributed by atoms with Gasteiger partial charge in [0.15, 0.2) is 0 Å². The minimum Gasteiger partial charge on any atom is -0.497 e. The van der Waals surface area contributed by atoms with E-state index in [2.05, 4.69) is 49.2 Å². The Labute approximate surface area is 143 Å². The van der Waals surface area contributed by atoms with E-state index in [9.17, 15) is 0 Å². The lowest BCUT2D eigenvalue weighted by Gasteiger charge is -2.25. The normalized spacial score (nSPS) is 17.1. The molecule has 0 amide bonds. The molecular formula is C20H25N3O. The van der Waals surface area contributed by atoms with E-state index in [1.165, 1.54) is 16.7 Å². The Balaban J connectivity index is 1.95. The standard InChI is InChI=1S/C20H25N3O/c1-14-4-7-18(12-15(14)2)23-20(13-17(22-23)10-11-21)16-5-8-19(24-3)9-6-16/h4-9,12,20H,10-11,13,21H2,1-3H3. The fraction of sp³-hybridized carbons (Fsp3) is 0.350. The van der Waals surface area contributed by atoms with Crippen LogP contribution in [0, 0.1) is 13.8 Å². The van der Waals surface area contributed by atoms with Gasteiger partial charge < -0.3 is 10.5 Å². The molecule has 0 aliphatic carbocycles. The molecular weight excluding hydrogens is 298 g/mol.